The fraction of sp³-hybridized carbons (Fsp3) is 0.118. The molecule has 1 amide bonds. The first-order chi connectivity index (χ1) is 11.7. The lowest BCUT2D eigenvalue weighted by molar-refractivity contribution is -0.137. The van der Waals surface area contributed by atoms with Gasteiger partial charge in [-0.25, -0.2) is 9.18 Å². The molecule has 0 aliphatic heterocycles. The lowest BCUT2D eigenvalue weighted by Gasteiger charge is -2.13. The number of halogens is 5. The van der Waals surface area contributed by atoms with E-state index in [4.69, 9.17) is 11.6 Å². The van der Waals surface area contributed by atoms with E-state index < -0.39 is 28.6 Å². The number of carbonyl (C=O) groups is 1. The molecule has 1 heterocycles. The molecule has 25 heavy (non-hydrogen) atoms. The van der Waals surface area contributed by atoms with Crippen LogP contribution in [0.4, 0.5) is 28.0 Å². The Morgan fingerprint density at radius 3 is 2.56 bits per heavy atom. The predicted molar refractivity (Wildman–Crippen MR) is 87.5 cm³/mol. The van der Waals surface area contributed by atoms with E-state index in [1.165, 1.54) is 28.8 Å². The average Bonchev–Trinajstić information content (AvgIpc) is 2.86. The first kappa shape index (κ1) is 17.3. The van der Waals surface area contributed by atoms with E-state index in [2.05, 4.69) is 5.32 Å². The molecule has 0 aliphatic rings. The Morgan fingerprint density at radius 1 is 1.16 bits per heavy atom. The average molecular weight is 371 g/mol. The van der Waals surface area contributed by atoms with Gasteiger partial charge in [-0.3, -0.25) is 4.57 Å². The van der Waals surface area contributed by atoms with E-state index >= 15 is 0 Å². The minimum absolute atomic E-state index is 0.0700. The fourth-order valence-electron chi connectivity index (χ4n) is 2.60. The summed E-state index contributed by atoms with van der Waals surface area (Å²) >= 11 is 5.56. The van der Waals surface area contributed by atoms with Gasteiger partial charge in [0.2, 0.25) is 0 Å². The zero-order chi connectivity index (χ0) is 18.4. The molecule has 2 aromatic carbocycles. The van der Waals surface area contributed by atoms with Crippen LogP contribution in [0.5, 0.6) is 0 Å². The summed E-state index contributed by atoms with van der Waals surface area (Å²) in [7, 11) is 0. The van der Waals surface area contributed by atoms with Gasteiger partial charge in [-0.05, 0) is 43.3 Å². The van der Waals surface area contributed by atoms with Gasteiger partial charge in [0.15, 0.2) is 0 Å². The highest BCUT2D eigenvalue weighted by Crippen LogP contribution is 2.36. The molecule has 0 atom stereocenters. The van der Waals surface area contributed by atoms with Crippen molar-refractivity contribution in [2.24, 2.45) is 0 Å². The molecule has 0 saturated carbocycles. The molecule has 1 aromatic heterocycles. The van der Waals surface area contributed by atoms with Crippen molar-refractivity contribution in [3.05, 3.63) is 64.6 Å². The second-order valence-corrected chi connectivity index (χ2v) is 5.82. The highest BCUT2D eigenvalue weighted by Gasteiger charge is 2.33. The number of alkyl halides is 3. The Labute approximate surface area is 144 Å². The lowest BCUT2D eigenvalue weighted by Crippen LogP contribution is -2.20. The summed E-state index contributed by atoms with van der Waals surface area (Å²) in [4.78, 5) is 12.5. The number of nitrogens with one attached hydrogen (secondary N) is 1. The summed E-state index contributed by atoms with van der Waals surface area (Å²) in [5.41, 5.74) is -0.353. The Kier molecular flexibility index (Phi) is 4.20. The summed E-state index contributed by atoms with van der Waals surface area (Å²) in [6, 6.07) is 8.12. The number of hydrogen-bond donors (Lipinski definition) is 1. The Balaban J connectivity index is 1.99. The van der Waals surface area contributed by atoms with Crippen molar-refractivity contribution in [2.45, 2.75) is 13.1 Å². The summed E-state index contributed by atoms with van der Waals surface area (Å²) in [6.07, 6.45) is -4.64. The van der Waals surface area contributed by atoms with Gasteiger partial charge in [-0.1, -0.05) is 17.7 Å². The molecule has 3 aromatic rings. The van der Waals surface area contributed by atoms with Crippen molar-refractivity contribution >= 4 is 34.2 Å². The second kappa shape index (κ2) is 6.07. The summed E-state index contributed by atoms with van der Waals surface area (Å²) in [5, 5.41) is 2.17. The molecule has 0 fully saturated rings. The highest BCUT2D eigenvalue weighted by atomic mass is 35.5. The zero-order valence-corrected chi connectivity index (χ0v) is 13.5. The third-order valence-electron chi connectivity index (χ3n) is 3.70. The number of aryl methyl sites for hydroxylation is 1. The molecule has 0 spiro atoms. The smallest absolute Gasteiger partial charge is 0.307 e. The summed E-state index contributed by atoms with van der Waals surface area (Å²) in [5.74, 6) is -0.488. The monoisotopic (exact) mass is 370 g/mol. The molecular weight excluding hydrogens is 360 g/mol. The van der Waals surface area contributed by atoms with Crippen molar-refractivity contribution < 1.29 is 22.4 Å². The molecule has 0 radical (unpaired) electrons. The SMILES string of the molecule is Cc1cc2c(F)cccc2n1C(=O)Nc1ccc(Cl)c(C(F)(F)F)c1. The maximum absolute atomic E-state index is 13.8. The molecule has 0 unspecified atom stereocenters. The maximum Gasteiger partial charge on any atom is 0.417 e. The molecule has 1 N–H and O–H groups in total. The summed E-state index contributed by atoms with van der Waals surface area (Å²) in [6.45, 7) is 1.60. The Hall–Kier alpha value is -2.54. The first-order valence-corrected chi connectivity index (χ1v) is 7.51. The summed E-state index contributed by atoms with van der Waals surface area (Å²) < 4.78 is 53.7. The lowest BCUT2D eigenvalue weighted by atomic mass is 10.2. The number of nitrogens with zero attached hydrogens (tertiary/aromatic N) is 1. The van der Waals surface area contributed by atoms with Crippen LogP contribution < -0.4 is 5.32 Å². The van der Waals surface area contributed by atoms with Crippen LogP contribution in [0.15, 0.2) is 42.5 Å². The van der Waals surface area contributed by atoms with E-state index in [0.29, 0.717) is 11.2 Å². The Morgan fingerprint density at radius 2 is 1.88 bits per heavy atom. The molecule has 8 heteroatoms. The van der Waals surface area contributed by atoms with Crippen LogP contribution in [0.2, 0.25) is 5.02 Å². The van der Waals surface area contributed by atoms with E-state index in [9.17, 15) is 22.4 Å². The molecule has 130 valence electrons. The van der Waals surface area contributed by atoms with Crippen LogP contribution in [0.3, 0.4) is 0 Å². The number of rotatable bonds is 1. The van der Waals surface area contributed by atoms with Gasteiger partial charge in [0.05, 0.1) is 16.1 Å². The fourth-order valence-corrected chi connectivity index (χ4v) is 2.82. The van der Waals surface area contributed by atoms with Gasteiger partial charge >= 0.3 is 12.2 Å². The van der Waals surface area contributed by atoms with Crippen molar-refractivity contribution in [3.63, 3.8) is 0 Å². The van der Waals surface area contributed by atoms with E-state index in [0.717, 1.165) is 12.1 Å². The largest absolute Gasteiger partial charge is 0.417 e. The third-order valence-corrected chi connectivity index (χ3v) is 4.03. The van der Waals surface area contributed by atoms with Crippen LogP contribution >= 0.6 is 11.6 Å². The van der Waals surface area contributed by atoms with Crippen LogP contribution in [0.1, 0.15) is 11.3 Å². The van der Waals surface area contributed by atoms with Gasteiger partial charge in [-0.15, -0.1) is 0 Å². The van der Waals surface area contributed by atoms with Gasteiger partial charge in [0.25, 0.3) is 0 Å². The molecule has 0 bridgehead atoms. The van der Waals surface area contributed by atoms with Crippen molar-refractivity contribution in [1.82, 2.24) is 4.57 Å². The minimum Gasteiger partial charge on any atom is -0.307 e. The normalized spacial score (nSPS) is 11.8. The van der Waals surface area contributed by atoms with Crippen molar-refractivity contribution in [2.75, 3.05) is 5.32 Å². The van der Waals surface area contributed by atoms with Gasteiger partial charge in [0.1, 0.15) is 5.82 Å². The number of carbonyl (C=O) groups excluding carboxylic acids is 1. The molecule has 0 saturated heterocycles. The van der Waals surface area contributed by atoms with Crippen molar-refractivity contribution in [1.29, 1.82) is 0 Å². The van der Waals surface area contributed by atoms with Gasteiger partial charge in [0, 0.05) is 16.8 Å². The number of aromatic nitrogens is 1. The van der Waals surface area contributed by atoms with E-state index in [1.54, 1.807) is 13.0 Å². The first-order valence-electron chi connectivity index (χ1n) is 7.13. The quantitative estimate of drug-likeness (QED) is 0.536. The number of fused-ring (bicyclic) bond motifs is 1. The highest BCUT2D eigenvalue weighted by molar-refractivity contribution is 6.31. The maximum atomic E-state index is 13.8. The minimum atomic E-state index is -4.64. The predicted octanol–water partition coefficient (Wildman–Crippen LogP) is 5.84. The molecule has 3 rings (SSSR count). The number of benzene rings is 2. The standard InChI is InChI=1S/C17H11ClF4N2O/c1-9-7-11-14(19)3-2-4-15(11)24(9)16(25)23-10-5-6-13(18)12(8-10)17(20,21)22/h2-8H,1H3,(H,23,25). The topological polar surface area (TPSA) is 34.0 Å². The van der Waals surface area contributed by atoms with Crippen molar-refractivity contribution in [3.8, 4) is 0 Å². The molecule has 0 aliphatic carbocycles. The van der Waals surface area contributed by atoms with Crippen LogP contribution in [-0.2, 0) is 6.18 Å². The second-order valence-electron chi connectivity index (χ2n) is 5.42. The van der Waals surface area contributed by atoms with E-state index in [-0.39, 0.29) is 11.1 Å². The number of amides is 1. The Bertz CT molecular complexity index is 979. The third kappa shape index (κ3) is 3.19. The van der Waals surface area contributed by atoms with E-state index in [1.807, 2.05) is 0 Å². The number of anilines is 1. The molecular formula is C17H11ClF4N2O. The van der Waals surface area contributed by atoms with Gasteiger partial charge in [-0.2, -0.15) is 13.2 Å². The number of hydrogen-bond acceptors (Lipinski definition) is 1. The zero-order valence-electron chi connectivity index (χ0n) is 12.8. The van der Waals surface area contributed by atoms with Crippen LogP contribution in [0.25, 0.3) is 10.9 Å². The van der Waals surface area contributed by atoms with Crippen LogP contribution in [0, 0.1) is 12.7 Å². The molecule has 3 nitrogen and oxygen atoms in total. The van der Waals surface area contributed by atoms with Gasteiger partial charge < -0.3 is 5.32 Å². The van der Waals surface area contributed by atoms with Crippen LogP contribution in [-0.4, -0.2) is 10.6 Å².